The van der Waals surface area contributed by atoms with Crippen molar-refractivity contribution in [2.75, 3.05) is 31.1 Å². The van der Waals surface area contributed by atoms with E-state index >= 15 is 0 Å². The third-order valence-corrected chi connectivity index (χ3v) is 4.96. The number of halogens is 2. The summed E-state index contributed by atoms with van der Waals surface area (Å²) in [7, 11) is 0. The van der Waals surface area contributed by atoms with Gasteiger partial charge in [0.05, 0.1) is 5.69 Å². The van der Waals surface area contributed by atoms with Crippen LogP contribution in [0.5, 0.6) is 0 Å². The van der Waals surface area contributed by atoms with Crippen LogP contribution in [0.3, 0.4) is 0 Å². The van der Waals surface area contributed by atoms with Gasteiger partial charge in [-0.05, 0) is 59.9 Å². The number of anilines is 1. The molecule has 1 aromatic rings. The maximum Gasteiger partial charge on any atom is 0.0526 e. The fourth-order valence-corrected chi connectivity index (χ4v) is 3.82. The third kappa shape index (κ3) is 2.54. The Hall–Kier alpha value is -0.250. The summed E-state index contributed by atoms with van der Waals surface area (Å²) in [5, 5.41) is 0.820. The molecule has 1 aromatic carbocycles. The predicted molar refractivity (Wildman–Crippen MR) is 80.6 cm³/mol. The van der Waals surface area contributed by atoms with Crippen molar-refractivity contribution in [3.8, 4) is 0 Å². The molecule has 2 aliphatic heterocycles. The quantitative estimate of drug-likeness (QED) is 0.774. The van der Waals surface area contributed by atoms with Crippen LogP contribution in [-0.4, -0.2) is 37.1 Å². The Morgan fingerprint density at radius 3 is 2.89 bits per heavy atom. The van der Waals surface area contributed by atoms with Crippen LogP contribution in [0.25, 0.3) is 0 Å². The molecule has 2 nitrogen and oxygen atoms in total. The molecular formula is C14H18BrClN2. The predicted octanol–water partition coefficient (Wildman–Crippen LogP) is 3.78. The van der Waals surface area contributed by atoms with E-state index in [9.17, 15) is 0 Å². The first kappa shape index (κ1) is 12.8. The molecule has 1 atom stereocenters. The van der Waals surface area contributed by atoms with E-state index in [1.54, 1.807) is 0 Å². The lowest BCUT2D eigenvalue weighted by atomic mass is 10.2. The lowest BCUT2D eigenvalue weighted by Crippen LogP contribution is -2.36. The first-order chi connectivity index (χ1) is 8.74. The van der Waals surface area contributed by atoms with E-state index in [-0.39, 0.29) is 0 Å². The average molecular weight is 330 g/mol. The highest BCUT2D eigenvalue weighted by Gasteiger charge is 2.29. The molecule has 1 unspecified atom stereocenters. The van der Waals surface area contributed by atoms with Crippen LogP contribution >= 0.6 is 27.5 Å². The van der Waals surface area contributed by atoms with E-state index in [1.807, 2.05) is 6.07 Å². The molecule has 0 aliphatic carbocycles. The maximum absolute atomic E-state index is 6.13. The molecule has 2 fully saturated rings. The Kier molecular flexibility index (Phi) is 3.83. The summed E-state index contributed by atoms with van der Waals surface area (Å²) in [4.78, 5) is 5.14. The number of nitrogens with zero attached hydrogens (tertiary/aromatic N) is 2. The van der Waals surface area contributed by atoms with Crippen molar-refractivity contribution in [1.82, 2.24) is 4.90 Å². The molecule has 2 heterocycles. The van der Waals surface area contributed by atoms with Gasteiger partial charge in [0.25, 0.3) is 0 Å². The highest BCUT2D eigenvalue weighted by molar-refractivity contribution is 9.10. The molecule has 3 rings (SSSR count). The van der Waals surface area contributed by atoms with Gasteiger partial charge in [0.15, 0.2) is 0 Å². The average Bonchev–Trinajstić information content (AvgIpc) is 2.70. The number of fused-ring (bicyclic) bond motifs is 1. The van der Waals surface area contributed by atoms with Crippen molar-refractivity contribution in [2.24, 2.45) is 0 Å². The van der Waals surface area contributed by atoms with Gasteiger partial charge in [0.2, 0.25) is 0 Å². The van der Waals surface area contributed by atoms with Gasteiger partial charge in [-0.25, -0.2) is 0 Å². The Morgan fingerprint density at radius 1 is 1.17 bits per heavy atom. The van der Waals surface area contributed by atoms with Gasteiger partial charge in [0.1, 0.15) is 0 Å². The summed E-state index contributed by atoms with van der Waals surface area (Å²) in [5.41, 5.74) is 1.25. The van der Waals surface area contributed by atoms with Crippen LogP contribution in [0, 0.1) is 0 Å². The second-order valence-electron chi connectivity index (χ2n) is 5.23. The van der Waals surface area contributed by atoms with E-state index in [4.69, 9.17) is 11.6 Å². The van der Waals surface area contributed by atoms with Crippen LogP contribution in [-0.2, 0) is 0 Å². The van der Waals surface area contributed by atoms with Crippen LogP contribution in [0.15, 0.2) is 22.7 Å². The number of hydrogen-bond acceptors (Lipinski definition) is 2. The van der Waals surface area contributed by atoms with Crippen molar-refractivity contribution in [1.29, 1.82) is 0 Å². The lowest BCUT2D eigenvalue weighted by molar-refractivity contribution is 0.273. The molecule has 2 saturated heterocycles. The summed E-state index contributed by atoms with van der Waals surface area (Å²) in [6.07, 6.45) is 3.94. The maximum atomic E-state index is 6.13. The molecule has 98 valence electrons. The molecule has 18 heavy (non-hydrogen) atoms. The van der Waals surface area contributed by atoms with Gasteiger partial charge in [-0.15, -0.1) is 0 Å². The summed E-state index contributed by atoms with van der Waals surface area (Å²) in [5.74, 6) is 0. The van der Waals surface area contributed by atoms with Crippen molar-refractivity contribution in [2.45, 2.75) is 25.3 Å². The number of benzene rings is 1. The van der Waals surface area contributed by atoms with Crippen LogP contribution in [0.4, 0.5) is 5.69 Å². The van der Waals surface area contributed by atoms with Gasteiger partial charge in [-0.1, -0.05) is 11.6 Å². The first-order valence-corrected chi connectivity index (χ1v) is 7.85. The fourth-order valence-electron chi connectivity index (χ4n) is 3.15. The summed E-state index contributed by atoms with van der Waals surface area (Å²) in [6.45, 7) is 4.81. The minimum atomic E-state index is 0.735. The van der Waals surface area contributed by atoms with Gasteiger partial charge in [-0.2, -0.15) is 0 Å². The molecule has 0 N–H and O–H groups in total. The Morgan fingerprint density at radius 2 is 2.00 bits per heavy atom. The summed E-state index contributed by atoms with van der Waals surface area (Å²) >= 11 is 9.78. The third-order valence-electron chi connectivity index (χ3n) is 4.05. The monoisotopic (exact) mass is 328 g/mol. The van der Waals surface area contributed by atoms with Crippen LogP contribution in [0.2, 0.25) is 5.02 Å². The fraction of sp³-hybridized carbons (Fsp3) is 0.571. The van der Waals surface area contributed by atoms with E-state index in [2.05, 4.69) is 37.9 Å². The highest BCUT2D eigenvalue weighted by Crippen LogP contribution is 2.32. The molecule has 0 aromatic heterocycles. The zero-order valence-electron chi connectivity index (χ0n) is 10.4. The van der Waals surface area contributed by atoms with Gasteiger partial charge in [0, 0.05) is 35.2 Å². The topological polar surface area (TPSA) is 6.48 Å². The molecule has 0 spiro atoms. The van der Waals surface area contributed by atoms with Crippen LogP contribution in [0.1, 0.15) is 19.3 Å². The molecule has 2 aliphatic rings. The molecule has 4 heteroatoms. The number of hydrogen-bond donors (Lipinski definition) is 0. The van der Waals surface area contributed by atoms with Crippen LogP contribution < -0.4 is 4.90 Å². The van der Waals surface area contributed by atoms with E-state index in [0.29, 0.717) is 0 Å². The smallest absolute Gasteiger partial charge is 0.0526 e. The van der Waals surface area contributed by atoms with Crippen molar-refractivity contribution < 1.29 is 0 Å². The van der Waals surface area contributed by atoms with Gasteiger partial charge in [-0.3, -0.25) is 4.90 Å². The van der Waals surface area contributed by atoms with Crippen molar-refractivity contribution in [3.05, 3.63) is 27.7 Å². The standard InChI is InChI=1S/C14H18BrClN2/c15-13-5-4-11(16)9-14(13)18-8-2-7-17-6-1-3-12(17)10-18/h4-5,9,12H,1-3,6-8,10H2. The second-order valence-corrected chi connectivity index (χ2v) is 6.52. The normalized spacial score (nSPS) is 25.0. The Labute approximate surface area is 122 Å². The Balaban J connectivity index is 1.84. The largest absolute Gasteiger partial charge is 0.369 e. The van der Waals surface area contributed by atoms with Crippen molar-refractivity contribution in [3.63, 3.8) is 0 Å². The van der Waals surface area contributed by atoms with E-state index in [1.165, 1.54) is 38.0 Å². The summed E-state index contributed by atoms with van der Waals surface area (Å²) in [6, 6.07) is 6.80. The number of rotatable bonds is 1. The molecular weight excluding hydrogens is 312 g/mol. The Bertz CT molecular complexity index is 438. The molecule has 0 saturated carbocycles. The zero-order valence-corrected chi connectivity index (χ0v) is 12.8. The highest BCUT2D eigenvalue weighted by atomic mass is 79.9. The minimum absolute atomic E-state index is 0.735. The molecule has 0 bridgehead atoms. The molecule has 0 radical (unpaired) electrons. The van der Waals surface area contributed by atoms with Crippen molar-refractivity contribution >= 4 is 33.2 Å². The van der Waals surface area contributed by atoms with E-state index in [0.717, 1.165) is 28.6 Å². The minimum Gasteiger partial charge on any atom is -0.369 e. The molecule has 0 amide bonds. The zero-order chi connectivity index (χ0) is 12.5. The lowest BCUT2D eigenvalue weighted by Gasteiger charge is -2.28. The second kappa shape index (κ2) is 5.40. The summed E-state index contributed by atoms with van der Waals surface area (Å²) < 4.78 is 1.15. The van der Waals surface area contributed by atoms with E-state index < -0.39 is 0 Å². The van der Waals surface area contributed by atoms with Gasteiger partial charge < -0.3 is 4.90 Å². The SMILES string of the molecule is Clc1ccc(Br)c(N2CCCN3CCCC3C2)c1. The first-order valence-electron chi connectivity index (χ1n) is 6.68. The van der Waals surface area contributed by atoms with Gasteiger partial charge >= 0.3 is 0 Å².